The smallest absolute Gasteiger partial charge is 0.319 e. The van der Waals surface area contributed by atoms with E-state index in [9.17, 15) is 9.59 Å². The molecule has 3 N–H and O–H groups in total. The molecule has 0 heterocycles. The first-order valence-electron chi connectivity index (χ1n) is 8.99. The van der Waals surface area contributed by atoms with Gasteiger partial charge in [0, 0.05) is 24.3 Å². The van der Waals surface area contributed by atoms with Crippen molar-refractivity contribution in [2.75, 3.05) is 18.4 Å². The Balaban J connectivity index is 1.98. The maximum Gasteiger partial charge on any atom is 0.319 e. The third-order valence-corrected chi connectivity index (χ3v) is 3.82. The van der Waals surface area contributed by atoms with Gasteiger partial charge in [0.25, 0.3) is 5.91 Å². The Morgan fingerprint density at radius 2 is 1.69 bits per heavy atom. The Hall–Kier alpha value is -2.82. The molecule has 0 saturated carbocycles. The van der Waals surface area contributed by atoms with Gasteiger partial charge in [0.2, 0.25) is 0 Å². The fourth-order valence-corrected chi connectivity index (χ4v) is 2.50. The first-order valence-corrected chi connectivity index (χ1v) is 8.99. The number of anilines is 1. The summed E-state index contributed by atoms with van der Waals surface area (Å²) < 4.78 is 0. The summed E-state index contributed by atoms with van der Waals surface area (Å²) >= 11 is 0. The van der Waals surface area contributed by atoms with Gasteiger partial charge in [0.1, 0.15) is 0 Å². The quantitative estimate of drug-likeness (QED) is 0.708. The number of hydrogen-bond acceptors (Lipinski definition) is 2. The average Bonchev–Trinajstić information content (AvgIpc) is 2.61. The number of rotatable bonds is 7. The van der Waals surface area contributed by atoms with E-state index in [2.05, 4.69) is 29.8 Å². The van der Waals surface area contributed by atoms with Gasteiger partial charge in [-0.05, 0) is 54.7 Å². The van der Waals surface area contributed by atoms with Crippen molar-refractivity contribution in [3.63, 3.8) is 0 Å². The number of nitrogens with one attached hydrogen (secondary N) is 3. The average molecular weight is 353 g/mol. The van der Waals surface area contributed by atoms with Gasteiger partial charge < -0.3 is 16.0 Å². The topological polar surface area (TPSA) is 70.2 Å². The van der Waals surface area contributed by atoms with Crippen molar-refractivity contribution in [2.45, 2.75) is 27.2 Å². The summed E-state index contributed by atoms with van der Waals surface area (Å²) in [7, 11) is 0. The number of urea groups is 1. The predicted octanol–water partition coefficient (Wildman–Crippen LogP) is 3.80. The molecule has 2 rings (SSSR count). The van der Waals surface area contributed by atoms with E-state index in [4.69, 9.17) is 0 Å². The molecule has 3 amide bonds. The van der Waals surface area contributed by atoms with Crippen molar-refractivity contribution < 1.29 is 9.59 Å². The highest BCUT2D eigenvalue weighted by molar-refractivity contribution is 5.94. The summed E-state index contributed by atoms with van der Waals surface area (Å²) in [4.78, 5) is 23.7. The molecule has 5 heteroatoms. The van der Waals surface area contributed by atoms with Crippen LogP contribution >= 0.6 is 0 Å². The van der Waals surface area contributed by atoms with Crippen molar-refractivity contribution >= 4 is 17.6 Å². The Kier molecular flexibility index (Phi) is 7.21. The van der Waals surface area contributed by atoms with E-state index in [-0.39, 0.29) is 11.9 Å². The fourth-order valence-electron chi connectivity index (χ4n) is 2.50. The molecule has 2 aromatic carbocycles. The van der Waals surface area contributed by atoms with Crippen LogP contribution in [0.2, 0.25) is 0 Å². The van der Waals surface area contributed by atoms with Gasteiger partial charge in [-0.25, -0.2) is 4.79 Å². The summed E-state index contributed by atoms with van der Waals surface area (Å²) in [5.74, 6) is 0.386. The molecule has 0 spiro atoms. The largest absolute Gasteiger partial charge is 0.352 e. The number of carbonyl (C=O) groups excluding carboxylic acids is 2. The van der Waals surface area contributed by atoms with Crippen LogP contribution in [-0.2, 0) is 6.42 Å². The molecule has 0 fully saturated rings. The lowest BCUT2D eigenvalue weighted by molar-refractivity contribution is 0.0949. The second-order valence-electron chi connectivity index (χ2n) is 6.66. The zero-order valence-electron chi connectivity index (χ0n) is 15.6. The standard InChI is InChI=1S/C21H27N3O2/c1-4-22-21(26)24-19-7-5-6-17(13-19)12-16-8-10-18(11-9-16)20(25)23-14-15(2)3/h5-11,13,15H,4,12,14H2,1-3H3,(H,23,25)(H2,22,24,26). The van der Waals surface area contributed by atoms with Crippen LogP contribution in [-0.4, -0.2) is 25.0 Å². The second-order valence-corrected chi connectivity index (χ2v) is 6.66. The van der Waals surface area contributed by atoms with E-state index in [1.165, 1.54) is 0 Å². The van der Waals surface area contributed by atoms with Gasteiger partial charge in [-0.1, -0.05) is 38.1 Å². The summed E-state index contributed by atoms with van der Waals surface area (Å²) in [6, 6.07) is 15.2. The zero-order chi connectivity index (χ0) is 18.9. The van der Waals surface area contributed by atoms with Gasteiger partial charge in [-0.2, -0.15) is 0 Å². The third kappa shape index (κ3) is 6.24. The van der Waals surface area contributed by atoms with Crippen molar-refractivity contribution in [1.29, 1.82) is 0 Å². The number of amides is 3. The first-order chi connectivity index (χ1) is 12.5. The summed E-state index contributed by atoms with van der Waals surface area (Å²) in [6.07, 6.45) is 0.735. The van der Waals surface area contributed by atoms with Crippen LogP contribution in [0.5, 0.6) is 0 Å². The molecule has 0 aliphatic rings. The van der Waals surface area contributed by atoms with Crippen molar-refractivity contribution in [3.05, 3.63) is 65.2 Å². The van der Waals surface area contributed by atoms with Crippen LogP contribution in [0.15, 0.2) is 48.5 Å². The van der Waals surface area contributed by atoms with Crippen LogP contribution in [0.3, 0.4) is 0 Å². The lowest BCUT2D eigenvalue weighted by Crippen LogP contribution is -2.28. The molecule has 0 saturated heterocycles. The summed E-state index contributed by atoms with van der Waals surface area (Å²) in [5.41, 5.74) is 3.64. The molecule has 5 nitrogen and oxygen atoms in total. The Labute approximate surface area is 155 Å². The molecule has 0 unspecified atom stereocenters. The Bertz CT molecular complexity index is 739. The Morgan fingerprint density at radius 1 is 0.962 bits per heavy atom. The highest BCUT2D eigenvalue weighted by Crippen LogP contribution is 2.15. The molecule has 0 aliphatic carbocycles. The molecule has 0 aromatic heterocycles. The highest BCUT2D eigenvalue weighted by Gasteiger charge is 2.06. The van der Waals surface area contributed by atoms with E-state index >= 15 is 0 Å². The molecule has 26 heavy (non-hydrogen) atoms. The van der Waals surface area contributed by atoms with E-state index in [1.54, 1.807) is 0 Å². The van der Waals surface area contributed by atoms with Gasteiger partial charge in [0.05, 0.1) is 0 Å². The third-order valence-electron chi connectivity index (χ3n) is 3.82. The molecule has 0 atom stereocenters. The minimum absolute atomic E-state index is 0.0432. The van der Waals surface area contributed by atoms with E-state index in [1.807, 2.05) is 55.5 Å². The van der Waals surface area contributed by atoms with Crippen molar-refractivity contribution in [2.24, 2.45) is 5.92 Å². The maximum atomic E-state index is 12.1. The van der Waals surface area contributed by atoms with Gasteiger partial charge in [0.15, 0.2) is 0 Å². The predicted molar refractivity (Wildman–Crippen MR) is 106 cm³/mol. The van der Waals surface area contributed by atoms with Crippen LogP contribution in [0.1, 0.15) is 42.3 Å². The van der Waals surface area contributed by atoms with Crippen LogP contribution in [0.4, 0.5) is 10.5 Å². The molecule has 2 aromatic rings. The van der Waals surface area contributed by atoms with E-state index in [0.29, 0.717) is 24.6 Å². The van der Waals surface area contributed by atoms with Gasteiger partial charge in [-0.15, -0.1) is 0 Å². The fraction of sp³-hybridized carbons (Fsp3) is 0.333. The monoisotopic (exact) mass is 353 g/mol. The lowest BCUT2D eigenvalue weighted by atomic mass is 10.0. The minimum atomic E-state index is -0.207. The SMILES string of the molecule is CCNC(=O)Nc1cccc(Cc2ccc(C(=O)NCC(C)C)cc2)c1. The lowest BCUT2D eigenvalue weighted by Gasteiger charge is -2.09. The van der Waals surface area contributed by atoms with E-state index < -0.39 is 0 Å². The normalized spacial score (nSPS) is 10.5. The van der Waals surface area contributed by atoms with Crippen molar-refractivity contribution in [3.8, 4) is 0 Å². The summed E-state index contributed by atoms with van der Waals surface area (Å²) in [6.45, 7) is 7.27. The van der Waals surface area contributed by atoms with Crippen LogP contribution < -0.4 is 16.0 Å². The second kappa shape index (κ2) is 9.61. The molecule has 0 bridgehead atoms. The Morgan fingerprint density at radius 3 is 2.35 bits per heavy atom. The molecular formula is C21H27N3O2. The number of carbonyl (C=O) groups is 2. The zero-order valence-corrected chi connectivity index (χ0v) is 15.6. The minimum Gasteiger partial charge on any atom is -0.352 e. The van der Waals surface area contributed by atoms with Crippen LogP contribution in [0.25, 0.3) is 0 Å². The first kappa shape index (κ1) is 19.5. The van der Waals surface area contributed by atoms with Gasteiger partial charge in [-0.3, -0.25) is 4.79 Å². The van der Waals surface area contributed by atoms with Crippen LogP contribution in [0, 0.1) is 5.92 Å². The molecule has 0 aliphatic heterocycles. The van der Waals surface area contributed by atoms with E-state index in [0.717, 1.165) is 23.2 Å². The van der Waals surface area contributed by atoms with Crippen molar-refractivity contribution in [1.82, 2.24) is 10.6 Å². The summed E-state index contributed by atoms with van der Waals surface area (Å²) in [5, 5.41) is 8.44. The molecule has 0 radical (unpaired) electrons. The number of benzene rings is 2. The molecular weight excluding hydrogens is 326 g/mol. The highest BCUT2D eigenvalue weighted by atomic mass is 16.2. The maximum absolute atomic E-state index is 12.1. The van der Waals surface area contributed by atoms with Gasteiger partial charge >= 0.3 is 6.03 Å². The molecule has 138 valence electrons. The number of hydrogen-bond donors (Lipinski definition) is 3.